The maximum Gasteiger partial charge on any atom is 0.338 e. The van der Waals surface area contributed by atoms with E-state index < -0.39 is 48.3 Å². The number of ether oxygens (including phenoxy) is 2. The lowest BCUT2D eigenvalue weighted by molar-refractivity contribution is -0.167. The van der Waals surface area contributed by atoms with E-state index in [1.807, 2.05) is 0 Å². The van der Waals surface area contributed by atoms with Crippen LogP contribution in [-0.2, 0) is 36.8 Å². The van der Waals surface area contributed by atoms with Crippen molar-refractivity contribution in [2.24, 2.45) is 5.73 Å². The van der Waals surface area contributed by atoms with Gasteiger partial charge in [0.25, 0.3) is 11.8 Å². The van der Waals surface area contributed by atoms with Crippen molar-refractivity contribution in [2.45, 2.75) is 24.9 Å². The molecule has 0 aromatic heterocycles. The number of piperazine rings is 1. The average Bonchev–Trinajstić information content (AvgIpc) is 2.93. The Bertz CT molecular complexity index is 1200. The summed E-state index contributed by atoms with van der Waals surface area (Å²) < 4.78 is 9.94. The molecule has 0 saturated carbocycles. The van der Waals surface area contributed by atoms with E-state index in [1.165, 1.54) is 7.11 Å². The molecular weight excluding hydrogens is 508 g/mol. The first-order valence-electron chi connectivity index (χ1n) is 12.3. The summed E-state index contributed by atoms with van der Waals surface area (Å²) in [7, 11) is 2.59. The number of carboxylic acid groups (broad SMARTS) is 1. The Morgan fingerprint density at radius 2 is 1.67 bits per heavy atom. The minimum absolute atomic E-state index is 0.0528. The zero-order valence-corrected chi connectivity index (χ0v) is 21.8. The molecule has 1 saturated heterocycles. The Kier molecular flexibility index (Phi) is 9.98. The topological polar surface area (TPSA) is 169 Å². The first-order chi connectivity index (χ1) is 18.7. The average molecular weight is 541 g/mol. The predicted molar refractivity (Wildman–Crippen MR) is 139 cm³/mol. The maximum absolute atomic E-state index is 13.8. The minimum Gasteiger partial charge on any atom is -0.497 e. The van der Waals surface area contributed by atoms with Crippen LogP contribution in [-0.4, -0.2) is 97.0 Å². The van der Waals surface area contributed by atoms with Crippen molar-refractivity contribution in [3.63, 3.8) is 0 Å². The number of methoxy groups -OCH3 is 2. The van der Waals surface area contributed by atoms with E-state index in [-0.39, 0.29) is 19.5 Å². The molecule has 1 aliphatic rings. The molecule has 1 fully saturated rings. The number of benzene rings is 2. The fraction of sp³-hybridized carbons (Fsp3) is 0.370. The van der Waals surface area contributed by atoms with Crippen molar-refractivity contribution in [3.05, 3.63) is 65.2 Å². The van der Waals surface area contributed by atoms with Crippen molar-refractivity contribution < 1.29 is 38.6 Å². The second kappa shape index (κ2) is 13.4. The number of aliphatic carboxylic acids is 1. The molecule has 0 bridgehead atoms. The van der Waals surface area contributed by atoms with Crippen LogP contribution in [0.15, 0.2) is 48.5 Å². The molecule has 208 valence electrons. The number of nitrogens with zero attached hydrogens (tertiary/aromatic N) is 2. The summed E-state index contributed by atoms with van der Waals surface area (Å²) in [4.78, 5) is 65.8. The number of nitrogens with one attached hydrogen (secondary N) is 1. The Morgan fingerprint density at radius 3 is 2.23 bits per heavy atom. The lowest BCUT2D eigenvalue weighted by Gasteiger charge is -2.40. The molecular formula is C27H32N4O8. The smallest absolute Gasteiger partial charge is 0.338 e. The van der Waals surface area contributed by atoms with Gasteiger partial charge in [0, 0.05) is 25.1 Å². The highest BCUT2D eigenvalue weighted by Crippen LogP contribution is 2.18. The van der Waals surface area contributed by atoms with Gasteiger partial charge in [0.15, 0.2) is 0 Å². The second-order valence-electron chi connectivity index (χ2n) is 8.92. The summed E-state index contributed by atoms with van der Waals surface area (Å²) in [5.41, 5.74) is 7.55. The molecule has 12 heteroatoms. The van der Waals surface area contributed by atoms with Gasteiger partial charge < -0.3 is 35.4 Å². The quantitative estimate of drug-likeness (QED) is 0.259. The summed E-state index contributed by atoms with van der Waals surface area (Å²) in [6, 6.07) is 10.9. The summed E-state index contributed by atoms with van der Waals surface area (Å²) in [5, 5.41) is 11.9. The molecule has 12 nitrogen and oxygen atoms in total. The van der Waals surface area contributed by atoms with E-state index in [0.717, 1.165) is 22.5 Å². The number of carboxylic acids is 1. The van der Waals surface area contributed by atoms with Gasteiger partial charge in [-0.15, -0.1) is 0 Å². The van der Waals surface area contributed by atoms with Crippen LogP contribution in [0.2, 0.25) is 0 Å². The van der Waals surface area contributed by atoms with Crippen molar-refractivity contribution in [3.8, 4) is 5.75 Å². The van der Waals surface area contributed by atoms with Crippen molar-refractivity contribution in [2.75, 3.05) is 40.4 Å². The predicted octanol–water partition coefficient (Wildman–Crippen LogP) is -0.165. The highest BCUT2D eigenvalue weighted by atomic mass is 16.5. The van der Waals surface area contributed by atoms with E-state index in [1.54, 1.807) is 48.5 Å². The molecule has 2 atom stereocenters. The summed E-state index contributed by atoms with van der Waals surface area (Å²) in [6.07, 6.45) is 0.703. The van der Waals surface area contributed by atoms with Gasteiger partial charge >= 0.3 is 11.9 Å². The molecule has 3 amide bonds. The molecule has 0 spiro atoms. The van der Waals surface area contributed by atoms with Crippen LogP contribution >= 0.6 is 0 Å². The number of carbonyl (C=O) groups excluding carboxylic acids is 4. The van der Waals surface area contributed by atoms with E-state index in [4.69, 9.17) is 20.3 Å². The van der Waals surface area contributed by atoms with Crippen LogP contribution in [0.3, 0.4) is 0 Å². The number of esters is 1. The molecule has 0 unspecified atom stereocenters. The largest absolute Gasteiger partial charge is 0.497 e. The van der Waals surface area contributed by atoms with Crippen LogP contribution in [0.5, 0.6) is 5.75 Å². The molecule has 0 radical (unpaired) electrons. The Morgan fingerprint density at radius 1 is 1.03 bits per heavy atom. The lowest BCUT2D eigenvalue weighted by atomic mass is 10.0. The fourth-order valence-electron chi connectivity index (χ4n) is 4.30. The first-order valence-corrected chi connectivity index (χ1v) is 12.3. The molecule has 2 aromatic carbocycles. The molecule has 1 heterocycles. The van der Waals surface area contributed by atoms with Crippen LogP contribution in [0.4, 0.5) is 0 Å². The molecule has 3 rings (SSSR count). The van der Waals surface area contributed by atoms with Crippen molar-refractivity contribution >= 4 is 29.7 Å². The standard InChI is InChI=1S/C27H32N4O8/c1-38-20-9-5-18(6-10-20)15-21(29-24(34)19-7-3-17(4-8-19)11-12-28)25(35)31-14-13-30(16-22(32)33)26(36)23(31)27(37)39-2/h3-10,21,23H,11-16,28H2,1-2H3,(H,29,34)(H,32,33)/t21-,23-/m0/s1. The number of carbonyl (C=O) groups is 5. The third-order valence-corrected chi connectivity index (χ3v) is 6.35. The number of rotatable bonds is 11. The third kappa shape index (κ3) is 7.32. The zero-order valence-electron chi connectivity index (χ0n) is 21.8. The SMILES string of the molecule is COC(=O)[C@@H]1C(=O)N(CC(=O)O)CCN1C(=O)[C@H](Cc1ccc(OC)cc1)NC(=O)c1ccc(CCN)cc1. The van der Waals surface area contributed by atoms with Crippen LogP contribution < -0.4 is 15.8 Å². The van der Waals surface area contributed by atoms with E-state index in [2.05, 4.69) is 5.32 Å². The Hall–Kier alpha value is -4.45. The summed E-state index contributed by atoms with van der Waals surface area (Å²) in [6.45, 7) is -0.388. The molecule has 4 N–H and O–H groups in total. The normalized spacial score (nSPS) is 15.9. The van der Waals surface area contributed by atoms with Crippen molar-refractivity contribution in [1.82, 2.24) is 15.1 Å². The highest BCUT2D eigenvalue weighted by Gasteiger charge is 2.45. The molecule has 2 aromatic rings. The Balaban J connectivity index is 1.90. The minimum atomic E-state index is -1.68. The lowest BCUT2D eigenvalue weighted by Crippen LogP contribution is -2.65. The van der Waals surface area contributed by atoms with Gasteiger partial charge in [-0.05, 0) is 48.4 Å². The molecule has 0 aliphatic carbocycles. The van der Waals surface area contributed by atoms with Gasteiger partial charge in [-0.1, -0.05) is 24.3 Å². The second-order valence-corrected chi connectivity index (χ2v) is 8.92. The Labute approximate surface area is 225 Å². The number of amides is 3. The number of hydrogen-bond donors (Lipinski definition) is 3. The maximum atomic E-state index is 13.8. The van der Waals surface area contributed by atoms with Crippen LogP contribution in [0.1, 0.15) is 21.5 Å². The van der Waals surface area contributed by atoms with Gasteiger partial charge in [0.05, 0.1) is 14.2 Å². The van der Waals surface area contributed by atoms with Crippen LogP contribution in [0, 0.1) is 0 Å². The summed E-state index contributed by atoms with van der Waals surface area (Å²) >= 11 is 0. The molecule has 39 heavy (non-hydrogen) atoms. The van der Waals surface area contributed by atoms with Gasteiger partial charge in [0.1, 0.15) is 18.3 Å². The number of nitrogens with two attached hydrogens (primary N) is 1. The summed E-state index contributed by atoms with van der Waals surface area (Å²) in [5.74, 6) is -3.73. The monoisotopic (exact) mass is 540 g/mol. The van der Waals surface area contributed by atoms with Gasteiger partial charge in [-0.3, -0.25) is 19.2 Å². The van der Waals surface area contributed by atoms with Gasteiger partial charge in [-0.25, -0.2) is 4.79 Å². The van der Waals surface area contributed by atoms with E-state index in [9.17, 15) is 24.0 Å². The highest BCUT2D eigenvalue weighted by molar-refractivity contribution is 6.07. The van der Waals surface area contributed by atoms with Gasteiger partial charge in [0.2, 0.25) is 11.9 Å². The fourth-order valence-corrected chi connectivity index (χ4v) is 4.30. The first kappa shape index (κ1) is 29.1. The van der Waals surface area contributed by atoms with Crippen LogP contribution in [0.25, 0.3) is 0 Å². The number of hydrogen-bond acceptors (Lipinski definition) is 8. The van der Waals surface area contributed by atoms with Crippen molar-refractivity contribution in [1.29, 1.82) is 0 Å². The van der Waals surface area contributed by atoms with E-state index in [0.29, 0.717) is 29.8 Å². The zero-order chi connectivity index (χ0) is 28.5. The third-order valence-electron chi connectivity index (χ3n) is 6.35. The van der Waals surface area contributed by atoms with E-state index >= 15 is 0 Å². The molecule has 1 aliphatic heterocycles. The van der Waals surface area contributed by atoms with Gasteiger partial charge in [-0.2, -0.15) is 0 Å².